The van der Waals surface area contributed by atoms with Crippen LogP contribution in [0.5, 0.6) is 5.75 Å². The second-order valence-corrected chi connectivity index (χ2v) is 5.12. The molecule has 0 aliphatic heterocycles. The zero-order valence-electron chi connectivity index (χ0n) is 12.0. The summed E-state index contributed by atoms with van der Waals surface area (Å²) in [7, 11) is 0. The van der Waals surface area contributed by atoms with E-state index in [1.165, 1.54) is 6.07 Å². The SMILES string of the molecule is Cc1ccc(C(O)COc2cc(C)ccc2F)c(C)c1. The topological polar surface area (TPSA) is 29.5 Å². The van der Waals surface area contributed by atoms with E-state index in [-0.39, 0.29) is 12.4 Å². The van der Waals surface area contributed by atoms with Crippen LogP contribution in [0.2, 0.25) is 0 Å². The summed E-state index contributed by atoms with van der Waals surface area (Å²) >= 11 is 0. The number of hydrogen-bond acceptors (Lipinski definition) is 2. The average molecular weight is 274 g/mol. The normalized spacial score (nSPS) is 12.2. The highest BCUT2D eigenvalue weighted by molar-refractivity contribution is 5.33. The Morgan fingerprint density at radius 1 is 1.05 bits per heavy atom. The van der Waals surface area contributed by atoms with Gasteiger partial charge < -0.3 is 9.84 Å². The molecule has 0 fully saturated rings. The van der Waals surface area contributed by atoms with E-state index in [0.29, 0.717) is 0 Å². The van der Waals surface area contributed by atoms with E-state index in [9.17, 15) is 9.50 Å². The van der Waals surface area contributed by atoms with Crippen LogP contribution in [-0.2, 0) is 0 Å². The zero-order chi connectivity index (χ0) is 14.7. The van der Waals surface area contributed by atoms with Gasteiger partial charge >= 0.3 is 0 Å². The molecule has 1 N–H and O–H groups in total. The van der Waals surface area contributed by atoms with Crippen LogP contribution in [0.3, 0.4) is 0 Å². The molecule has 2 aromatic carbocycles. The summed E-state index contributed by atoms with van der Waals surface area (Å²) in [5.41, 5.74) is 3.88. The predicted molar refractivity (Wildman–Crippen MR) is 77.5 cm³/mol. The van der Waals surface area contributed by atoms with Crippen molar-refractivity contribution in [1.29, 1.82) is 0 Å². The van der Waals surface area contributed by atoms with Crippen LogP contribution in [0.25, 0.3) is 0 Å². The smallest absolute Gasteiger partial charge is 0.165 e. The van der Waals surface area contributed by atoms with Gasteiger partial charge in [-0.05, 0) is 49.6 Å². The van der Waals surface area contributed by atoms with Crippen LogP contribution in [0.1, 0.15) is 28.4 Å². The molecule has 0 radical (unpaired) electrons. The Morgan fingerprint density at radius 2 is 1.70 bits per heavy atom. The lowest BCUT2D eigenvalue weighted by molar-refractivity contribution is 0.105. The molecule has 3 heteroatoms. The third kappa shape index (κ3) is 3.36. The molecule has 0 bridgehead atoms. The maximum absolute atomic E-state index is 13.5. The minimum Gasteiger partial charge on any atom is -0.487 e. The van der Waals surface area contributed by atoms with Crippen LogP contribution in [0, 0.1) is 26.6 Å². The van der Waals surface area contributed by atoms with Crippen molar-refractivity contribution in [2.45, 2.75) is 26.9 Å². The second-order valence-electron chi connectivity index (χ2n) is 5.12. The Kier molecular flexibility index (Phi) is 4.40. The van der Waals surface area contributed by atoms with Crippen LogP contribution in [0.15, 0.2) is 36.4 Å². The molecule has 0 heterocycles. The largest absolute Gasteiger partial charge is 0.487 e. The summed E-state index contributed by atoms with van der Waals surface area (Å²) in [5.74, 6) is -0.239. The standard InChI is InChI=1S/C17H19FO2/c1-11-4-6-14(13(3)8-11)16(19)10-20-17-9-12(2)5-7-15(17)18/h4-9,16,19H,10H2,1-3H3. The van der Waals surface area contributed by atoms with Gasteiger partial charge in [0.05, 0.1) is 0 Å². The fourth-order valence-electron chi connectivity index (χ4n) is 2.18. The summed E-state index contributed by atoms with van der Waals surface area (Å²) in [6.45, 7) is 5.84. The number of rotatable bonds is 4. The van der Waals surface area contributed by atoms with Gasteiger partial charge in [-0.25, -0.2) is 4.39 Å². The molecule has 0 saturated heterocycles. The zero-order valence-corrected chi connectivity index (χ0v) is 12.0. The van der Waals surface area contributed by atoms with Gasteiger partial charge in [-0.1, -0.05) is 29.8 Å². The lowest BCUT2D eigenvalue weighted by Gasteiger charge is -2.16. The summed E-state index contributed by atoms with van der Waals surface area (Å²) in [6.07, 6.45) is -0.768. The highest BCUT2D eigenvalue weighted by atomic mass is 19.1. The molecule has 106 valence electrons. The molecular weight excluding hydrogens is 255 g/mol. The highest BCUT2D eigenvalue weighted by Crippen LogP contribution is 2.23. The van der Waals surface area contributed by atoms with Gasteiger partial charge in [-0.3, -0.25) is 0 Å². The van der Waals surface area contributed by atoms with Crippen LogP contribution < -0.4 is 4.74 Å². The summed E-state index contributed by atoms with van der Waals surface area (Å²) < 4.78 is 18.9. The maximum Gasteiger partial charge on any atom is 0.165 e. The van der Waals surface area contributed by atoms with Crippen LogP contribution in [-0.4, -0.2) is 11.7 Å². The Morgan fingerprint density at radius 3 is 2.40 bits per heavy atom. The van der Waals surface area contributed by atoms with Crippen molar-refractivity contribution < 1.29 is 14.2 Å². The lowest BCUT2D eigenvalue weighted by atomic mass is 10.0. The van der Waals surface area contributed by atoms with Crippen molar-refractivity contribution in [3.63, 3.8) is 0 Å². The minimum absolute atomic E-state index is 0.0320. The number of halogens is 1. The molecule has 1 atom stereocenters. The van der Waals surface area contributed by atoms with Crippen LogP contribution >= 0.6 is 0 Å². The first-order valence-electron chi connectivity index (χ1n) is 6.61. The monoisotopic (exact) mass is 274 g/mol. The summed E-state index contributed by atoms with van der Waals surface area (Å²) in [4.78, 5) is 0. The van der Waals surface area contributed by atoms with Gasteiger partial charge in [-0.2, -0.15) is 0 Å². The average Bonchev–Trinajstić information content (AvgIpc) is 2.39. The van der Waals surface area contributed by atoms with Crippen molar-refractivity contribution in [2.24, 2.45) is 0 Å². The molecule has 0 amide bonds. The molecule has 0 aliphatic rings. The Labute approximate surface area is 118 Å². The fraction of sp³-hybridized carbons (Fsp3) is 0.294. The third-order valence-corrected chi connectivity index (χ3v) is 3.27. The van der Waals surface area contributed by atoms with E-state index >= 15 is 0 Å². The molecule has 1 unspecified atom stereocenters. The number of hydrogen-bond donors (Lipinski definition) is 1. The molecule has 2 nitrogen and oxygen atoms in total. The number of aliphatic hydroxyl groups is 1. The Bertz CT molecular complexity index is 608. The van der Waals surface area contributed by atoms with Gasteiger partial charge in [0.25, 0.3) is 0 Å². The second kappa shape index (κ2) is 6.06. The summed E-state index contributed by atoms with van der Waals surface area (Å²) in [5, 5.41) is 10.2. The first-order valence-corrected chi connectivity index (χ1v) is 6.61. The third-order valence-electron chi connectivity index (χ3n) is 3.27. The van der Waals surface area contributed by atoms with Crippen molar-refractivity contribution in [3.05, 3.63) is 64.5 Å². The maximum atomic E-state index is 13.5. The van der Waals surface area contributed by atoms with Crippen molar-refractivity contribution >= 4 is 0 Å². The van der Waals surface area contributed by atoms with Gasteiger partial charge in [0.2, 0.25) is 0 Å². The van der Waals surface area contributed by atoms with Gasteiger partial charge in [0, 0.05) is 0 Å². The van der Waals surface area contributed by atoms with E-state index in [1.54, 1.807) is 12.1 Å². The predicted octanol–water partition coefficient (Wildman–Crippen LogP) is 3.86. The van der Waals surface area contributed by atoms with E-state index in [0.717, 1.165) is 22.3 Å². The molecule has 2 aromatic rings. The number of ether oxygens (including phenoxy) is 1. The first-order chi connectivity index (χ1) is 9.47. The highest BCUT2D eigenvalue weighted by Gasteiger charge is 2.12. The van der Waals surface area contributed by atoms with Crippen molar-refractivity contribution in [1.82, 2.24) is 0 Å². The van der Waals surface area contributed by atoms with Gasteiger partial charge in [0.15, 0.2) is 11.6 Å². The Balaban J connectivity index is 2.08. The molecule has 0 aromatic heterocycles. The van der Waals surface area contributed by atoms with Gasteiger partial charge in [-0.15, -0.1) is 0 Å². The molecule has 0 saturated carbocycles. The molecule has 2 rings (SSSR count). The van der Waals surface area contributed by atoms with E-state index < -0.39 is 11.9 Å². The van der Waals surface area contributed by atoms with Gasteiger partial charge in [0.1, 0.15) is 12.7 Å². The molecule has 20 heavy (non-hydrogen) atoms. The molecular formula is C17H19FO2. The molecule has 0 spiro atoms. The minimum atomic E-state index is -0.768. The van der Waals surface area contributed by atoms with Crippen molar-refractivity contribution in [3.8, 4) is 5.75 Å². The van der Waals surface area contributed by atoms with Crippen LogP contribution in [0.4, 0.5) is 4.39 Å². The Hall–Kier alpha value is -1.87. The van der Waals surface area contributed by atoms with E-state index in [2.05, 4.69) is 0 Å². The lowest BCUT2D eigenvalue weighted by Crippen LogP contribution is -2.11. The van der Waals surface area contributed by atoms with E-state index in [1.807, 2.05) is 39.0 Å². The number of benzene rings is 2. The van der Waals surface area contributed by atoms with E-state index in [4.69, 9.17) is 4.74 Å². The first kappa shape index (κ1) is 14.5. The molecule has 0 aliphatic carbocycles. The summed E-state index contributed by atoms with van der Waals surface area (Å²) in [6, 6.07) is 10.5. The number of aryl methyl sites for hydroxylation is 3. The quantitative estimate of drug-likeness (QED) is 0.917. The number of aliphatic hydroxyl groups excluding tert-OH is 1. The fourth-order valence-corrected chi connectivity index (χ4v) is 2.18. The van der Waals surface area contributed by atoms with Crippen molar-refractivity contribution in [2.75, 3.05) is 6.61 Å².